The van der Waals surface area contributed by atoms with Crippen molar-refractivity contribution in [3.8, 4) is 0 Å². The molecular weight excluding hydrogens is 150 g/mol. The standard InChI is InChI=1S/C10H21NO/c1-5-7-11(8-6-2)10(12)9(3)4/h9H,5-8H2,1-4H3. The number of rotatable bonds is 5. The molecule has 0 aliphatic carbocycles. The molecule has 0 atom stereocenters. The maximum atomic E-state index is 11.5. The average molecular weight is 171 g/mol. The second-order valence-corrected chi connectivity index (χ2v) is 3.48. The van der Waals surface area contributed by atoms with Crippen LogP contribution in [0.3, 0.4) is 0 Å². The molecule has 0 saturated carbocycles. The second kappa shape index (κ2) is 6.04. The third kappa shape index (κ3) is 3.74. The second-order valence-electron chi connectivity index (χ2n) is 3.48. The van der Waals surface area contributed by atoms with Crippen LogP contribution in [-0.2, 0) is 4.79 Å². The van der Waals surface area contributed by atoms with Crippen molar-refractivity contribution in [1.29, 1.82) is 0 Å². The molecule has 0 N–H and O–H groups in total. The first-order valence-corrected chi connectivity index (χ1v) is 4.92. The molecule has 1 amide bonds. The number of nitrogens with zero attached hydrogens (tertiary/aromatic N) is 1. The minimum Gasteiger partial charge on any atom is -0.343 e. The lowest BCUT2D eigenvalue weighted by atomic mass is 10.2. The summed E-state index contributed by atoms with van der Waals surface area (Å²) < 4.78 is 0. The van der Waals surface area contributed by atoms with Gasteiger partial charge in [-0.25, -0.2) is 0 Å². The molecular formula is C10H21NO. The number of hydrogen-bond acceptors (Lipinski definition) is 1. The van der Waals surface area contributed by atoms with E-state index in [0.717, 1.165) is 25.9 Å². The van der Waals surface area contributed by atoms with Crippen LogP contribution < -0.4 is 0 Å². The molecule has 0 saturated heterocycles. The van der Waals surface area contributed by atoms with E-state index in [-0.39, 0.29) is 5.92 Å². The van der Waals surface area contributed by atoms with Gasteiger partial charge in [-0.05, 0) is 12.8 Å². The molecule has 0 bridgehead atoms. The number of hydrogen-bond donors (Lipinski definition) is 0. The molecule has 0 spiro atoms. The molecule has 0 heterocycles. The van der Waals surface area contributed by atoms with Crippen LogP contribution in [0.5, 0.6) is 0 Å². The highest BCUT2D eigenvalue weighted by atomic mass is 16.2. The van der Waals surface area contributed by atoms with E-state index in [1.165, 1.54) is 0 Å². The summed E-state index contributed by atoms with van der Waals surface area (Å²) in [6.45, 7) is 9.95. The van der Waals surface area contributed by atoms with Gasteiger partial charge < -0.3 is 4.90 Å². The van der Waals surface area contributed by atoms with Gasteiger partial charge in [0.15, 0.2) is 0 Å². The lowest BCUT2D eigenvalue weighted by Gasteiger charge is -2.23. The van der Waals surface area contributed by atoms with Gasteiger partial charge in [0.05, 0.1) is 0 Å². The Morgan fingerprint density at radius 1 is 1.17 bits per heavy atom. The molecule has 0 fully saturated rings. The topological polar surface area (TPSA) is 20.3 Å². The molecule has 0 unspecified atom stereocenters. The maximum absolute atomic E-state index is 11.5. The fraction of sp³-hybridized carbons (Fsp3) is 0.900. The van der Waals surface area contributed by atoms with Crippen LogP contribution in [0.4, 0.5) is 0 Å². The zero-order valence-corrected chi connectivity index (χ0v) is 8.76. The van der Waals surface area contributed by atoms with Crippen molar-refractivity contribution < 1.29 is 4.79 Å². The van der Waals surface area contributed by atoms with Gasteiger partial charge in [0.25, 0.3) is 0 Å². The van der Waals surface area contributed by atoms with Gasteiger partial charge in [-0.2, -0.15) is 0 Å². The van der Waals surface area contributed by atoms with Crippen molar-refractivity contribution in [1.82, 2.24) is 4.90 Å². The minimum absolute atomic E-state index is 0.142. The summed E-state index contributed by atoms with van der Waals surface area (Å²) in [7, 11) is 0. The Hall–Kier alpha value is -0.530. The molecule has 0 aliphatic rings. The predicted octanol–water partition coefficient (Wildman–Crippen LogP) is 2.29. The van der Waals surface area contributed by atoms with Crippen LogP contribution in [0.25, 0.3) is 0 Å². The monoisotopic (exact) mass is 171 g/mol. The zero-order valence-electron chi connectivity index (χ0n) is 8.76. The summed E-state index contributed by atoms with van der Waals surface area (Å²) in [6.07, 6.45) is 2.11. The Balaban J connectivity index is 3.99. The van der Waals surface area contributed by atoms with Gasteiger partial charge in [-0.15, -0.1) is 0 Å². The van der Waals surface area contributed by atoms with E-state index in [0.29, 0.717) is 5.91 Å². The number of carbonyl (C=O) groups excluding carboxylic acids is 1. The molecule has 12 heavy (non-hydrogen) atoms. The van der Waals surface area contributed by atoms with Crippen LogP contribution in [0, 0.1) is 5.92 Å². The minimum atomic E-state index is 0.142. The Labute approximate surface area is 75.9 Å². The van der Waals surface area contributed by atoms with Gasteiger partial charge in [0.2, 0.25) is 5.91 Å². The fourth-order valence-corrected chi connectivity index (χ4v) is 1.24. The van der Waals surface area contributed by atoms with E-state index in [1.54, 1.807) is 0 Å². The number of amides is 1. The van der Waals surface area contributed by atoms with E-state index < -0.39 is 0 Å². The summed E-state index contributed by atoms with van der Waals surface area (Å²) in [6, 6.07) is 0. The lowest BCUT2D eigenvalue weighted by Crippen LogP contribution is -2.35. The van der Waals surface area contributed by atoms with E-state index >= 15 is 0 Å². The summed E-state index contributed by atoms with van der Waals surface area (Å²) >= 11 is 0. The van der Waals surface area contributed by atoms with Crippen molar-refractivity contribution >= 4 is 5.91 Å². The zero-order chi connectivity index (χ0) is 9.56. The number of carbonyl (C=O) groups is 1. The fourth-order valence-electron chi connectivity index (χ4n) is 1.24. The van der Waals surface area contributed by atoms with E-state index in [4.69, 9.17) is 0 Å². The highest BCUT2D eigenvalue weighted by molar-refractivity contribution is 5.78. The first kappa shape index (κ1) is 11.5. The Morgan fingerprint density at radius 3 is 1.83 bits per heavy atom. The van der Waals surface area contributed by atoms with Crippen molar-refractivity contribution in [3.05, 3.63) is 0 Å². The van der Waals surface area contributed by atoms with Crippen LogP contribution >= 0.6 is 0 Å². The SMILES string of the molecule is CCCN(CCC)C(=O)C(C)C. The van der Waals surface area contributed by atoms with Crippen molar-refractivity contribution in [2.45, 2.75) is 40.5 Å². The summed E-state index contributed by atoms with van der Waals surface area (Å²) in [5.41, 5.74) is 0. The van der Waals surface area contributed by atoms with Crippen LogP contribution in [0.15, 0.2) is 0 Å². The van der Waals surface area contributed by atoms with Gasteiger partial charge >= 0.3 is 0 Å². The van der Waals surface area contributed by atoms with Gasteiger partial charge in [-0.3, -0.25) is 4.79 Å². The highest BCUT2D eigenvalue weighted by Gasteiger charge is 2.14. The molecule has 0 aromatic carbocycles. The largest absolute Gasteiger partial charge is 0.343 e. The van der Waals surface area contributed by atoms with E-state index in [1.807, 2.05) is 18.7 Å². The molecule has 0 rings (SSSR count). The molecule has 2 heteroatoms. The van der Waals surface area contributed by atoms with Gasteiger partial charge in [0, 0.05) is 19.0 Å². The smallest absolute Gasteiger partial charge is 0.225 e. The van der Waals surface area contributed by atoms with Crippen LogP contribution in [0.2, 0.25) is 0 Å². The van der Waals surface area contributed by atoms with Crippen LogP contribution in [0.1, 0.15) is 40.5 Å². The first-order chi connectivity index (χ1) is 5.63. The summed E-state index contributed by atoms with van der Waals surface area (Å²) in [4.78, 5) is 13.5. The predicted molar refractivity (Wildman–Crippen MR) is 52.0 cm³/mol. The highest BCUT2D eigenvalue weighted by Crippen LogP contribution is 2.03. The molecule has 72 valence electrons. The van der Waals surface area contributed by atoms with E-state index in [2.05, 4.69) is 13.8 Å². The van der Waals surface area contributed by atoms with Crippen molar-refractivity contribution in [3.63, 3.8) is 0 Å². The molecule has 0 aromatic heterocycles. The molecule has 0 aliphatic heterocycles. The average Bonchev–Trinajstić information content (AvgIpc) is 2.03. The quantitative estimate of drug-likeness (QED) is 0.621. The Morgan fingerprint density at radius 2 is 1.58 bits per heavy atom. The van der Waals surface area contributed by atoms with Crippen molar-refractivity contribution in [2.75, 3.05) is 13.1 Å². The Kier molecular flexibility index (Phi) is 5.77. The lowest BCUT2D eigenvalue weighted by molar-refractivity contribution is -0.134. The molecule has 0 radical (unpaired) electrons. The normalized spacial score (nSPS) is 10.4. The summed E-state index contributed by atoms with van der Waals surface area (Å²) in [5.74, 6) is 0.432. The van der Waals surface area contributed by atoms with Crippen molar-refractivity contribution in [2.24, 2.45) is 5.92 Å². The van der Waals surface area contributed by atoms with Crippen LogP contribution in [-0.4, -0.2) is 23.9 Å². The third-order valence-corrected chi connectivity index (χ3v) is 1.79. The summed E-state index contributed by atoms with van der Waals surface area (Å²) in [5, 5.41) is 0. The molecule has 0 aromatic rings. The van der Waals surface area contributed by atoms with E-state index in [9.17, 15) is 4.79 Å². The third-order valence-electron chi connectivity index (χ3n) is 1.79. The maximum Gasteiger partial charge on any atom is 0.225 e. The molecule has 2 nitrogen and oxygen atoms in total. The van der Waals surface area contributed by atoms with Gasteiger partial charge in [0.1, 0.15) is 0 Å². The Bertz CT molecular complexity index is 126. The first-order valence-electron chi connectivity index (χ1n) is 4.92. The van der Waals surface area contributed by atoms with Gasteiger partial charge in [-0.1, -0.05) is 27.7 Å².